The van der Waals surface area contributed by atoms with E-state index in [2.05, 4.69) is 87.3 Å². The number of rotatable bonds is 21. The van der Waals surface area contributed by atoms with Crippen molar-refractivity contribution in [1.82, 2.24) is 19.5 Å². The van der Waals surface area contributed by atoms with Crippen LogP contribution >= 0.6 is 8.53 Å². The molecule has 1 N–H and O–H groups in total. The van der Waals surface area contributed by atoms with Crippen LogP contribution in [0.4, 0.5) is 5.95 Å². The molecule has 0 saturated carbocycles. The Bertz CT molecular complexity index is 2160. The molecule has 0 amide bonds. The average molecular weight is 915 g/mol. The van der Waals surface area contributed by atoms with Crippen molar-refractivity contribution in [3.63, 3.8) is 0 Å². The van der Waals surface area contributed by atoms with Gasteiger partial charge in [0.25, 0.3) is 14.1 Å². The molecule has 3 aromatic carbocycles. The summed E-state index contributed by atoms with van der Waals surface area (Å²) in [7, 11) is 2.50. The highest BCUT2D eigenvalue weighted by molar-refractivity contribution is 7.44. The lowest BCUT2D eigenvalue weighted by atomic mass is 9.80. The summed E-state index contributed by atoms with van der Waals surface area (Å²) in [5.41, 5.74) is 1.21. The van der Waals surface area contributed by atoms with Crippen molar-refractivity contribution in [1.29, 1.82) is 5.26 Å². The molecule has 346 valence electrons. The first-order valence-corrected chi connectivity index (χ1v) is 25.8. The van der Waals surface area contributed by atoms with Crippen molar-refractivity contribution in [2.75, 3.05) is 41.5 Å². The summed E-state index contributed by atoms with van der Waals surface area (Å²) in [6.07, 6.45) is -0.149. The normalized spacial score (nSPS) is 18.8. The molecule has 0 spiro atoms. The number of aromatic amines is 1. The Kier molecular flexibility index (Phi) is 17.5. The molecule has 0 aliphatic carbocycles. The summed E-state index contributed by atoms with van der Waals surface area (Å²) in [5, 5.41) is 9.34. The van der Waals surface area contributed by atoms with Crippen LogP contribution in [0.25, 0.3) is 0 Å². The number of methoxy groups -OCH3 is 2. The molecule has 2 unspecified atom stereocenters. The van der Waals surface area contributed by atoms with Gasteiger partial charge in [-0.15, -0.1) is 0 Å². The maximum Gasteiger partial charge on any atom is 0.259 e. The van der Waals surface area contributed by atoms with Crippen LogP contribution in [-0.2, 0) is 28.5 Å². The Labute approximate surface area is 382 Å². The number of nitrogens with zero attached hydrogens (tertiary/aromatic N) is 5. The van der Waals surface area contributed by atoms with Gasteiger partial charge in [-0.25, -0.2) is 14.6 Å². The highest BCUT2D eigenvalue weighted by Crippen LogP contribution is 2.53. The number of benzene rings is 3. The van der Waals surface area contributed by atoms with Gasteiger partial charge in [0, 0.05) is 32.4 Å². The largest absolute Gasteiger partial charge is 0.497 e. The van der Waals surface area contributed by atoms with Gasteiger partial charge in [0.15, 0.2) is 8.32 Å². The summed E-state index contributed by atoms with van der Waals surface area (Å²) >= 11 is 0. The van der Waals surface area contributed by atoms with E-state index in [1.165, 1.54) is 6.20 Å². The third-order valence-electron chi connectivity index (χ3n) is 11.6. The number of nitrogens with one attached hydrogen (secondary N) is 1. The van der Waals surface area contributed by atoms with E-state index >= 15 is 0 Å². The first-order chi connectivity index (χ1) is 30.4. The zero-order chi connectivity index (χ0) is 46.8. The minimum atomic E-state index is -2.63. The lowest BCUT2D eigenvalue weighted by molar-refractivity contribution is -0.0808. The van der Waals surface area contributed by atoms with E-state index in [1.54, 1.807) is 25.5 Å². The lowest BCUT2D eigenvalue weighted by Crippen LogP contribution is -2.50. The van der Waals surface area contributed by atoms with Crippen LogP contribution in [0.2, 0.25) is 18.1 Å². The minimum Gasteiger partial charge on any atom is -0.497 e. The number of nitriles is 1. The molecule has 5 rings (SSSR count). The van der Waals surface area contributed by atoms with E-state index < -0.39 is 52.4 Å². The smallest absolute Gasteiger partial charge is 0.259 e. The monoisotopic (exact) mass is 914 g/mol. The van der Waals surface area contributed by atoms with Crippen LogP contribution in [0.3, 0.4) is 0 Å². The fraction of sp³-hybridized carbons (Fsp3) is 0.500. The van der Waals surface area contributed by atoms with Crippen molar-refractivity contribution in [2.24, 2.45) is 4.99 Å². The second-order valence-corrected chi connectivity index (χ2v) is 24.2. The predicted octanol–water partition coefficient (Wildman–Crippen LogP) is 9.51. The zero-order valence-electron chi connectivity index (χ0n) is 39.7. The predicted molar refractivity (Wildman–Crippen MR) is 255 cm³/mol. The van der Waals surface area contributed by atoms with E-state index in [0.29, 0.717) is 11.5 Å². The molecule has 0 bridgehead atoms. The van der Waals surface area contributed by atoms with Gasteiger partial charge >= 0.3 is 0 Å². The van der Waals surface area contributed by atoms with Crippen molar-refractivity contribution >= 4 is 29.1 Å². The maximum absolute atomic E-state index is 14.2. The molecule has 1 aliphatic heterocycles. The van der Waals surface area contributed by atoms with E-state index in [0.717, 1.165) is 16.7 Å². The van der Waals surface area contributed by atoms with Gasteiger partial charge < -0.3 is 37.3 Å². The Morgan fingerprint density at radius 1 is 0.906 bits per heavy atom. The van der Waals surface area contributed by atoms with Gasteiger partial charge in [-0.2, -0.15) is 5.26 Å². The number of hydrogen-bond donors (Lipinski definition) is 1. The summed E-state index contributed by atoms with van der Waals surface area (Å²) < 4.78 is 49.2. The molecule has 1 aromatic heterocycles. The average Bonchev–Trinajstić information content (AvgIpc) is 3.58. The van der Waals surface area contributed by atoms with Gasteiger partial charge in [0.2, 0.25) is 5.95 Å². The van der Waals surface area contributed by atoms with E-state index in [1.807, 2.05) is 93.0 Å². The topological polar surface area (TPSA) is 153 Å². The summed E-state index contributed by atoms with van der Waals surface area (Å²) in [4.78, 5) is 27.7. The molecule has 16 heteroatoms. The quantitative estimate of drug-likeness (QED) is 0.0212. The SMILES string of the molecule is COc1ccc(C(OC[C@H]2O[C@@H](c3cnc(/N=C/N(C)C)[nH]c3=O)C(O[Si](C)(C)C(C)(C)C)[C@H]2OP(OCCC#N)N(C(C)C)C(C)C)(c2ccccc2)c2ccc(OC)cc2)cc1. The highest BCUT2D eigenvalue weighted by atomic mass is 31.2. The van der Waals surface area contributed by atoms with Crippen LogP contribution in [-0.4, -0.2) is 106 Å². The number of H-pyrrole nitrogens is 1. The molecule has 5 atom stereocenters. The first-order valence-electron chi connectivity index (χ1n) is 21.7. The van der Waals surface area contributed by atoms with Crippen molar-refractivity contribution in [3.8, 4) is 17.6 Å². The lowest BCUT2D eigenvalue weighted by Gasteiger charge is -2.42. The van der Waals surface area contributed by atoms with Gasteiger partial charge in [0.05, 0.1) is 51.8 Å². The highest BCUT2D eigenvalue weighted by Gasteiger charge is 2.54. The Morgan fingerprint density at radius 3 is 1.95 bits per heavy atom. The zero-order valence-corrected chi connectivity index (χ0v) is 41.6. The standard InChI is InChI=1S/C48H67N6O8PSi/c1-33(2)54(34(3)4)63(59-29-17-28-49)61-43-41(60-42(44(43)62-64(12,13)47(5,6)7)40-30-50-46(52-45(40)55)51-32-53(8)9)31-58-48(35-18-15-14-16-19-35,36-20-24-38(56-10)25-21-36)37-22-26-39(57-11)27-23-37/h14-16,18-27,30,32-34,41-44H,17,29,31H2,1-13H3,(H,50,52,55)/b51-32+/t41-,42+,43+,44?,63?/m1/s1. The van der Waals surface area contributed by atoms with Gasteiger partial charge in [-0.1, -0.05) is 75.4 Å². The Morgan fingerprint density at radius 2 is 1.47 bits per heavy atom. The second kappa shape index (κ2) is 22.1. The molecule has 1 fully saturated rings. The van der Waals surface area contributed by atoms with E-state index in [-0.39, 0.29) is 48.3 Å². The number of aliphatic imine (C=N–C) groups is 1. The molecule has 2 heterocycles. The van der Waals surface area contributed by atoms with Crippen molar-refractivity contribution < 1.29 is 32.4 Å². The third kappa shape index (κ3) is 11.8. The fourth-order valence-corrected chi connectivity index (χ4v) is 10.5. The van der Waals surface area contributed by atoms with E-state index in [9.17, 15) is 10.1 Å². The summed E-state index contributed by atoms with van der Waals surface area (Å²) in [6, 6.07) is 27.9. The van der Waals surface area contributed by atoms with Crippen LogP contribution < -0.4 is 15.0 Å². The molecule has 64 heavy (non-hydrogen) atoms. The number of ether oxygens (including phenoxy) is 4. The molecule has 0 radical (unpaired) electrons. The molecule has 1 aliphatic rings. The molecule has 1 saturated heterocycles. The molecular weight excluding hydrogens is 848 g/mol. The molecule has 4 aromatic rings. The van der Waals surface area contributed by atoms with Gasteiger partial charge in [-0.05, 0) is 86.8 Å². The van der Waals surface area contributed by atoms with Gasteiger partial charge in [0.1, 0.15) is 41.5 Å². The maximum atomic E-state index is 14.2. The molecular formula is C48H67N6O8PSi. The van der Waals surface area contributed by atoms with Crippen molar-refractivity contribution in [2.45, 2.75) is 115 Å². The fourth-order valence-electron chi connectivity index (χ4n) is 7.40. The second-order valence-electron chi connectivity index (χ2n) is 18.1. The van der Waals surface area contributed by atoms with E-state index in [4.69, 9.17) is 32.4 Å². The van der Waals surface area contributed by atoms with Crippen LogP contribution in [0, 0.1) is 11.3 Å². The Hall–Kier alpha value is -4.49. The third-order valence-corrected chi connectivity index (χ3v) is 18.2. The summed E-state index contributed by atoms with van der Waals surface area (Å²) in [5.74, 6) is 1.55. The molecule has 14 nitrogen and oxygen atoms in total. The van der Waals surface area contributed by atoms with Crippen molar-refractivity contribution in [3.05, 3.63) is 118 Å². The number of hydrogen-bond acceptors (Lipinski definition) is 12. The first kappa shape index (κ1) is 50.5. The Balaban J connectivity index is 1.74. The van der Waals surface area contributed by atoms with Crippen LogP contribution in [0.15, 0.2) is 94.8 Å². The minimum absolute atomic E-state index is 0.0129. The van der Waals surface area contributed by atoms with Crippen LogP contribution in [0.1, 0.15) is 83.2 Å². The van der Waals surface area contributed by atoms with Crippen LogP contribution in [0.5, 0.6) is 11.5 Å². The summed E-state index contributed by atoms with van der Waals surface area (Å²) in [6.45, 7) is 19.3. The van der Waals surface area contributed by atoms with Gasteiger partial charge in [-0.3, -0.25) is 9.78 Å². The number of aromatic nitrogens is 2.